The number of hydrogen-bond donors (Lipinski definition) is 0. The molecule has 0 N–H and O–H groups in total. The first-order chi connectivity index (χ1) is 9.25. The van der Waals surface area contributed by atoms with E-state index >= 15 is 0 Å². The molecule has 0 saturated carbocycles. The number of nitrogens with zero attached hydrogens (tertiary/aromatic N) is 3. The summed E-state index contributed by atoms with van der Waals surface area (Å²) in [6, 6.07) is 9.87. The highest BCUT2D eigenvalue weighted by atomic mass is 32.1. The first-order valence-electron chi connectivity index (χ1n) is 5.37. The van der Waals surface area contributed by atoms with E-state index in [0.717, 1.165) is 0 Å². The first kappa shape index (κ1) is 11.5. The second kappa shape index (κ2) is 4.62. The quantitative estimate of drug-likeness (QED) is 0.539. The molecule has 1 aromatic carbocycles. The Morgan fingerprint density at radius 2 is 1.95 bits per heavy atom. The second-order valence-corrected chi connectivity index (χ2v) is 4.34. The van der Waals surface area contributed by atoms with Crippen LogP contribution in [-0.4, -0.2) is 14.5 Å². The van der Waals surface area contributed by atoms with Crippen LogP contribution < -0.4 is 0 Å². The van der Waals surface area contributed by atoms with Gasteiger partial charge in [-0.15, -0.1) is 5.10 Å². The summed E-state index contributed by atoms with van der Waals surface area (Å²) in [5.41, 5.74) is 1.08. The van der Waals surface area contributed by atoms with Crippen molar-refractivity contribution in [3.63, 3.8) is 0 Å². The van der Waals surface area contributed by atoms with Gasteiger partial charge in [0.1, 0.15) is 11.5 Å². The lowest BCUT2D eigenvalue weighted by atomic mass is 10.1. The van der Waals surface area contributed by atoms with E-state index < -0.39 is 4.92 Å². The second-order valence-electron chi connectivity index (χ2n) is 3.73. The lowest BCUT2D eigenvalue weighted by Crippen LogP contribution is -1.90. The van der Waals surface area contributed by atoms with Crippen LogP contribution in [0.5, 0.6) is 0 Å². The smallest absolute Gasteiger partial charge is 0.280 e. The fourth-order valence-electron chi connectivity index (χ4n) is 1.73. The van der Waals surface area contributed by atoms with Crippen LogP contribution in [0.15, 0.2) is 46.2 Å². The topological polar surface area (TPSA) is 82.1 Å². The van der Waals surface area contributed by atoms with Crippen molar-refractivity contribution >= 4 is 17.2 Å². The minimum atomic E-state index is -0.429. The normalized spacial score (nSPS) is 10.5. The van der Waals surface area contributed by atoms with Gasteiger partial charge in [-0.05, 0) is 29.7 Å². The Balaban J connectivity index is 2.06. The average Bonchev–Trinajstić information content (AvgIpc) is 3.09. The van der Waals surface area contributed by atoms with Crippen molar-refractivity contribution in [1.82, 2.24) is 9.59 Å². The van der Waals surface area contributed by atoms with E-state index in [2.05, 4.69) is 9.59 Å². The van der Waals surface area contributed by atoms with E-state index in [4.69, 9.17) is 4.42 Å². The molecule has 0 unspecified atom stereocenters. The number of nitro benzene ring substituents is 1. The molecular weight excluding hydrogens is 266 g/mol. The number of para-hydroxylation sites is 1. The van der Waals surface area contributed by atoms with E-state index in [0.29, 0.717) is 22.8 Å². The van der Waals surface area contributed by atoms with Crippen LogP contribution in [0.2, 0.25) is 0 Å². The molecule has 19 heavy (non-hydrogen) atoms. The molecule has 3 rings (SSSR count). The predicted octanol–water partition coefficient (Wildman–Crippen LogP) is 3.37. The zero-order valence-corrected chi connectivity index (χ0v) is 10.3. The summed E-state index contributed by atoms with van der Waals surface area (Å²) >= 11 is 1.22. The third kappa shape index (κ3) is 2.11. The van der Waals surface area contributed by atoms with Gasteiger partial charge in [-0.25, -0.2) is 0 Å². The molecule has 0 atom stereocenters. The van der Waals surface area contributed by atoms with Gasteiger partial charge < -0.3 is 4.42 Å². The molecule has 2 heterocycles. The Morgan fingerprint density at radius 1 is 1.16 bits per heavy atom. The molecule has 2 aromatic heterocycles. The summed E-state index contributed by atoms with van der Waals surface area (Å²) in [5.74, 6) is 0.984. The van der Waals surface area contributed by atoms with Crippen molar-refractivity contribution in [3.05, 3.63) is 51.9 Å². The maximum absolute atomic E-state index is 11.0. The van der Waals surface area contributed by atoms with Crippen molar-refractivity contribution in [2.75, 3.05) is 0 Å². The Hall–Kier alpha value is -2.54. The maximum Gasteiger partial charge on any atom is 0.280 e. The lowest BCUT2D eigenvalue weighted by molar-refractivity contribution is -0.384. The number of furan rings is 1. The van der Waals surface area contributed by atoms with Gasteiger partial charge in [-0.1, -0.05) is 16.6 Å². The van der Waals surface area contributed by atoms with Gasteiger partial charge in [-0.3, -0.25) is 10.1 Å². The van der Waals surface area contributed by atoms with Gasteiger partial charge in [0.05, 0.1) is 10.5 Å². The zero-order chi connectivity index (χ0) is 13.2. The standard InChI is InChI=1S/C12H7N3O3S/c16-15(17)10-4-2-1-3-8(10)11-5-6-12(18-11)9-7-19-14-13-9/h1-7H. The SMILES string of the molecule is O=[N+]([O-])c1ccccc1-c1ccc(-c2csnn2)o1. The molecule has 0 fully saturated rings. The van der Waals surface area contributed by atoms with Gasteiger partial charge in [0, 0.05) is 11.4 Å². The molecule has 0 spiro atoms. The molecule has 0 aliphatic heterocycles. The van der Waals surface area contributed by atoms with E-state index in [9.17, 15) is 10.1 Å². The van der Waals surface area contributed by atoms with E-state index in [-0.39, 0.29) is 5.69 Å². The summed E-state index contributed by atoms with van der Waals surface area (Å²) in [7, 11) is 0. The van der Waals surface area contributed by atoms with E-state index in [1.807, 2.05) is 0 Å². The van der Waals surface area contributed by atoms with Crippen LogP contribution in [-0.2, 0) is 0 Å². The fraction of sp³-hybridized carbons (Fsp3) is 0. The van der Waals surface area contributed by atoms with Gasteiger partial charge in [0.2, 0.25) is 0 Å². The molecule has 0 radical (unpaired) electrons. The maximum atomic E-state index is 11.0. The summed E-state index contributed by atoms with van der Waals surface area (Å²) in [6.45, 7) is 0. The van der Waals surface area contributed by atoms with Crippen molar-refractivity contribution in [1.29, 1.82) is 0 Å². The number of benzene rings is 1. The summed E-state index contributed by atoms with van der Waals surface area (Å²) in [6.07, 6.45) is 0. The Labute approximate surface area is 111 Å². The Morgan fingerprint density at radius 3 is 2.68 bits per heavy atom. The molecule has 0 aliphatic rings. The first-order valence-corrected chi connectivity index (χ1v) is 6.20. The van der Waals surface area contributed by atoms with Crippen LogP contribution in [0.4, 0.5) is 5.69 Å². The van der Waals surface area contributed by atoms with Crippen molar-refractivity contribution in [2.45, 2.75) is 0 Å². The largest absolute Gasteiger partial charge is 0.454 e. The van der Waals surface area contributed by atoms with E-state index in [1.165, 1.54) is 17.6 Å². The van der Waals surface area contributed by atoms with E-state index in [1.54, 1.807) is 35.7 Å². The molecule has 0 bridgehead atoms. The third-order valence-electron chi connectivity index (χ3n) is 2.58. The minimum Gasteiger partial charge on any atom is -0.454 e. The summed E-state index contributed by atoms with van der Waals surface area (Å²) in [5, 5.41) is 16.6. The number of hydrogen-bond acceptors (Lipinski definition) is 6. The molecule has 3 aromatic rings. The molecule has 7 heteroatoms. The molecular formula is C12H7N3O3S. The minimum absolute atomic E-state index is 0.0137. The van der Waals surface area contributed by atoms with Crippen molar-refractivity contribution in [3.8, 4) is 22.8 Å². The van der Waals surface area contributed by atoms with Crippen LogP contribution in [0.25, 0.3) is 22.8 Å². The summed E-state index contributed by atoms with van der Waals surface area (Å²) < 4.78 is 9.35. The fourth-order valence-corrected chi connectivity index (χ4v) is 2.18. The molecule has 94 valence electrons. The number of nitro groups is 1. The van der Waals surface area contributed by atoms with Gasteiger partial charge in [0.15, 0.2) is 5.76 Å². The Kier molecular flexibility index (Phi) is 2.81. The summed E-state index contributed by atoms with van der Waals surface area (Å²) in [4.78, 5) is 10.5. The van der Waals surface area contributed by atoms with Gasteiger partial charge >= 0.3 is 0 Å². The van der Waals surface area contributed by atoms with Gasteiger partial charge in [-0.2, -0.15) is 0 Å². The van der Waals surface area contributed by atoms with Crippen LogP contribution in [0.1, 0.15) is 0 Å². The zero-order valence-electron chi connectivity index (χ0n) is 9.52. The van der Waals surface area contributed by atoms with Crippen LogP contribution in [0.3, 0.4) is 0 Å². The highest BCUT2D eigenvalue weighted by Gasteiger charge is 2.17. The molecule has 0 aliphatic carbocycles. The highest BCUT2D eigenvalue weighted by Crippen LogP contribution is 2.33. The monoisotopic (exact) mass is 273 g/mol. The molecule has 0 amide bonds. The predicted molar refractivity (Wildman–Crippen MR) is 69.7 cm³/mol. The third-order valence-corrected chi connectivity index (χ3v) is 3.09. The van der Waals surface area contributed by atoms with Gasteiger partial charge in [0.25, 0.3) is 5.69 Å². The number of rotatable bonds is 3. The van der Waals surface area contributed by atoms with Crippen LogP contribution >= 0.6 is 11.5 Å². The van der Waals surface area contributed by atoms with Crippen molar-refractivity contribution in [2.24, 2.45) is 0 Å². The average molecular weight is 273 g/mol. The highest BCUT2D eigenvalue weighted by molar-refractivity contribution is 7.03. The molecule has 6 nitrogen and oxygen atoms in total. The van der Waals surface area contributed by atoms with Crippen molar-refractivity contribution < 1.29 is 9.34 Å². The Bertz CT molecular complexity index is 721. The number of aromatic nitrogens is 2. The lowest BCUT2D eigenvalue weighted by Gasteiger charge is -1.98. The molecule has 0 saturated heterocycles. The van der Waals surface area contributed by atoms with Crippen LogP contribution in [0, 0.1) is 10.1 Å².